The van der Waals surface area contributed by atoms with Crippen molar-refractivity contribution >= 4 is 40.1 Å². The minimum atomic E-state index is -0.278. The van der Waals surface area contributed by atoms with Gasteiger partial charge in [-0.15, -0.1) is 5.10 Å². The van der Waals surface area contributed by atoms with Gasteiger partial charge in [0.15, 0.2) is 10.9 Å². The number of amidine groups is 1. The Morgan fingerprint density at radius 1 is 1.19 bits per heavy atom. The molecule has 136 valence electrons. The number of anilines is 1. The van der Waals surface area contributed by atoms with E-state index in [1.165, 1.54) is 11.0 Å². The van der Waals surface area contributed by atoms with Crippen molar-refractivity contribution in [3.63, 3.8) is 0 Å². The smallest absolute Gasteiger partial charge is 0.266 e. The lowest BCUT2D eigenvalue weighted by Gasteiger charge is -2.21. The molecule has 0 saturated heterocycles. The summed E-state index contributed by atoms with van der Waals surface area (Å²) in [6.07, 6.45) is 1.47. The highest BCUT2D eigenvalue weighted by Crippen LogP contribution is 2.28. The molecule has 1 unspecified atom stereocenters. The second-order valence-corrected chi connectivity index (χ2v) is 7.47. The molecule has 0 N–H and O–H groups in total. The minimum absolute atomic E-state index is 0.160. The maximum Gasteiger partial charge on any atom is 0.286 e. The van der Waals surface area contributed by atoms with E-state index in [9.17, 15) is 4.79 Å². The fourth-order valence-corrected chi connectivity index (χ4v) is 3.81. The number of carbonyl (C=O) groups excluding carboxylic acids is 1. The predicted molar refractivity (Wildman–Crippen MR) is 109 cm³/mol. The average Bonchev–Trinajstić information content (AvgIpc) is 3.34. The Labute approximate surface area is 165 Å². The second kappa shape index (κ2) is 7.54. The van der Waals surface area contributed by atoms with Crippen LogP contribution in [0.1, 0.15) is 17.4 Å². The van der Waals surface area contributed by atoms with Gasteiger partial charge in [-0.1, -0.05) is 41.6 Å². The predicted octanol–water partition coefficient (Wildman–Crippen LogP) is 4.06. The Morgan fingerprint density at radius 3 is 2.59 bits per heavy atom. The molecule has 6 nitrogen and oxygen atoms in total. The van der Waals surface area contributed by atoms with E-state index in [0.717, 1.165) is 11.4 Å². The first-order valence-corrected chi connectivity index (χ1v) is 9.76. The summed E-state index contributed by atoms with van der Waals surface area (Å²) >= 11 is 7.55. The summed E-state index contributed by atoms with van der Waals surface area (Å²) in [4.78, 5) is 20.9. The first-order chi connectivity index (χ1) is 13.1. The standard InChI is InChI=1S/C19H16ClN5OS/c1-13-12-27-19(22-13)24(15-9-7-14(20)8-10-15)18(26)17-11-21-25(23-17)16-5-3-2-4-6-16/h2-11,13H,12H2,1H3. The summed E-state index contributed by atoms with van der Waals surface area (Å²) in [6.45, 7) is 2.02. The maximum atomic E-state index is 13.3. The molecule has 4 rings (SSSR count). The highest BCUT2D eigenvalue weighted by atomic mass is 35.5. The lowest BCUT2D eigenvalue weighted by Crippen LogP contribution is -2.35. The van der Waals surface area contributed by atoms with Crippen molar-refractivity contribution in [3.8, 4) is 5.69 Å². The number of aromatic nitrogens is 3. The van der Waals surface area contributed by atoms with Gasteiger partial charge in [0.25, 0.3) is 5.91 Å². The van der Waals surface area contributed by atoms with Crippen LogP contribution in [0.2, 0.25) is 5.02 Å². The number of benzene rings is 2. The molecule has 0 fully saturated rings. The van der Waals surface area contributed by atoms with Gasteiger partial charge >= 0.3 is 0 Å². The number of rotatable bonds is 3. The molecule has 1 amide bonds. The molecule has 0 spiro atoms. The van der Waals surface area contributed by atoms with E-state index in [0.29, 0.717) is 15.9 Å². The van der Waals surface area contributed by atoms with Gasteiger partial charge in [-0.05, 0) is 43.3 Å². The summed E-state index contributed by atoms with van der Waals surface area (Å²) in [5.74, 6) is 0.559. The average molecular weight is 398 g/mol. The van der Waals surface area contributed by atoms with Crippen LogP contribution >= 0.6 is 23.4 Å². The highest BCUT2D eigenvalue weighted by Gasteiger charge is 2.29. The molecule has 0 aliphatic carbocycles. The Morgan fingerprint density at radius 2 is 1.93 bits per heavy atom. The van der Waals surface area contributed by atoms with Crippen LogP contribution in [0, 0.1) is 0 Å². The number of thioether (sulfide) groups is 1. The van der Waals surface area contributed by atoms with Crippen molar-refractivity contribution in [3.05, 3.63) is 71.5 Å². The summed E-state index contributed by atoms with van der Waals surface area (Å²) in [7, 11) is 0. The van der Waals surface area contributed by atoms with Gasteiger partial charge in [0.05, 0.1) is 23.6 Å². The van der Waals surface area contributed by atoms with Gasteiger partial charge in [0, 0.05) is 10.8 Å². The van der Waals surface area contributed by atoms with Gasteiger partial charge in [-0.3, -0.25) is 14.7 Å². The molecule has 0 saturated carbocycles. The summed E-state index contributed by atoms with van der Waals surface area (Å²) < 4.78 is 0. The number of amides is 1. The van der Waals surface area contributed by atoms with Crippen LogP contribution in [0.25, 0.3) is 5.69 Å². The highest BCUT2D eigenvalue weighted by molar-refractivity contribution is 8.14. The number of aliphatic imine (C=N–C) groups is 1. The van der Waals surface area contributed by atoms with E-state index in [2.05, 4.69) is 15.2 Å². The largest absolute Gasteiger partial charge is 0.286 e. The van der Waals surface area contributed by atoms with Crippen molar-refractivity contribution in [2.24, 2.45) is 4.99 Å². The van der Waals surface area contributed by atoms with Crippen LogP contribution in [-0.2, 0) is 0 Å². The molecule has 1 aliphatic heterocycles. The van der Waals surface area contributed by atoms with Gasteiger partial charge in [0.1, 0.15) is 0 Å². The molecule has 27 heavy (non-hydrogen) atoms. The Hall–Kier alpha value is -2.64. The lowest BCUT2D eigenvalue weighted by atomic mass is 10.2. The van der Waals surface area contributed by atoms with Crippen LogP contribution in [0.4, 0.5) is 5.69 Å². The normalized spacial score (nSPS) is 16.2. The van der Waals surface area contributed by atoms with Crippen LogP contribution in [-0.4, -0.2) is 37.9 Å². The second-order valence-electron chi connectivity index (χ2n) is 6.04. The van der Waals surface area contributed by atoms with Crippen molar-refractivity contribution in [1.29, 1.82) is 0 Å². The molecule has 1 aromatic heterocycles. The van der Waals surface area contributed by atoms with E-state index in [1.54, 1.807) is 40.9 Å². The number of para-hydroxylation sites is 1. The zero-order valence-electron chi connectivity index (χ0n) is 14.5. The monoisotopic (exact) mass is 397 g/mol. The zero-order chi connectivity index (χ0) is 18.8. The van der Waals surface area contributed by atoms with Crippen molar-refractivity contribution < 1.29 is 4.79 Å². The van der Waals surface area contributed by atoms with E-state index in [1.807, 2.05) is 37.3 Å². The molecule has 0 radical (unpaired) electrons. The number of carbonyl (C=O) groups is 1. The topological polar surface area (TPSA) is 63.4 Å². The van der Waals surface area contributed by atoms with Crippen LogP contribution < -0.4 is 4.90 Å². The molecule has 2 heterocycles. The van der Waals surface area contributed by atoms with Crippen LogP contribution in [0.5, 0.6) is 0 Å². The molecule has 3 aromatic rings. The third-order valence-electron chi connectivity index (χ3n) is 3.96. The molecule has 1 aliphatic rings. The van der Waals surface area contributed by atoms with Crippen molar-refractivity contribution in [2.45, 2.75) is 13.0 Å². The molecular formula is C19H16ClN5OS. The first kappa shape index (κ1) is 17.8. The maximum absolute atomic E-state index is 13.3. The van der Waals surface area contributed by atoms with E-state index >= 15 is 0 Å². The van der Waals surface area contributed by atoms with E-state index < -0.39 is 0 Å². The summed E-state index contributed by atoms with van der Waals surface area (Å²) in [5, 5.41) is 9.85. The van der Waals surface area contributed by atoms with Crippen molar-refractivity contribution in [2.75, 3.05) is 10.7 Å². The van der Waals surface area contributed by atoms with Gasteiger partial charge in [-0.25, -0.2) is 0 Å². The molecule has 2 aromatic carbocycles. The molecule has 0 bridgehead atoms. The number of nitrogens with zero attached hydrogens (tertiary/aromatic N) is 5. The summed E-state index contributed by atoms with van der Waals surface area (Å²) in [6, 6.07) is 16.7. The van der Waals surface area contributed by atoms with Gasteiger partial charge < -0.3 is 0 Å². The fraction of sp³-hybridized carbons (Fsp3) is 0.158. The number of halogens is 1. The summed E-state index contributed by atoms with van der Waals surface area (Å²) in [5.41, 5.74) is 1.73. The fourth-order valence-electron chi connectivity index (χ4n) is 2.65. The third kappa shape index (κ3) is 3.74. The zero-order valence-corrected chi connectivity index (χ0v) is 16.1. The minimum Gasteiger partial charge on any atom is -0.266 e. The Balaban J connectivity index is 1.70. The lowest BCUT2D eigenvalue weighted by molar-refractivity contribution is 0.0998. The number of hydrogen-bond donors (Lipinski definition) is 0. The van der Waals surface area contributed by atoms with Crippen LogP contribution in [0.15, 0.2) is 65.8 Å². The third-order valence-corrected chi connectivity index (χ3v) is 5.41. The van der Waals surface area contributed by atoms with Crippen LogP contribution in [0.3, 0.4) is 0 Å². The molecular weight excluding hydrogens is 382 g/mol. The SMILES string of the molecule is CC1CSC(N(C(=O)c2cnn(-c3ccccc3)n2)c2ccc(Cl)cc2)=N1. The van der Waals surface area contributed by atoms with Crippen molar-refractivity contribution in [1.82, 2.24) is 15.0 Å². The Kier molecular flexibility index (Phi) is 4.96. The van der Waals surface area contributed by atoms with E-state index in [-0.39, 0.29) is 17.6 Å². The van der Waals surface area contributed by atoms with E-state index in [4.69, 9.17) is 11.6 Å². The molecule has 8 heteroatoms. The quantitative estimate of drug-likeness (QED) is 0.668. The number of hydrogen-bond acceptors (Lipinski definition) is 5. The van der Waals surface area contributed by atoms with Gasteiger partial charge in [-0.2, -0.15) is 9.90 Å². The first-order valence-electron chi connectivity index (χ1n) is 8.40. The Bertz CT molecular complexity index is 987. The molecule has 1 atom stereocenters. The van der Waals surface area contributed by atoms with Gasteiger partial charge in [0.2, 0.25) is 0 Å².